The van der Waals surface area contributed by atoms with Gasteiger partial charge < -0.3 is 5.32 Å². The van der Waals surface area contributed by atoms with E-state index in [4.69, 9.17) is 0 Å². The minimum Gasteiger partial charge on any atom is -0.325 e. The van der Waals surface area contributed by atoms with E-state index >= 15 is 0 Å². The largest absolute Gasteiger partial charge is 0.325 e. The van der Waals surface area contributed by atoms with Gasteiger partial charge in [-0.15, -0.1) is 11.8 Å². The predicted octanol–water partition coefficient (Wildman–Crippen LogP) is 4.26. The van der Waals surface area contributed by atoms with Gasteiger partial charge in [-0.2, -0.15) is 11.8 Å². The number of thioether (sulfide) groups is 2. The average molecular weight is 418 g/mol. The van der Waals surface area contributed by atoms with Gasteiger partial charge in [0.2, 0.25) is 5.91 Å². The molecule has 1 unspecified atom stereocenters. The van der Waals surface area contributed by atoms with E-state index in [2.05, 4.69) is 16.3 Å². The molecule has 1 N–H and O–H groups in total. The zero-order chi connectivity index (χ0) is 19.9. The molecule has 0 radical (unpaired) electrons. The van der Waals surface area contributed by atoms with Gasteiger partial charge in [0.05, 0.1) is 10.2 Å². The van der Waals surface area contributed by atoms with Crippen molar-refractivity contribution in [2.45, 2.75) is 23.6 Å². The van der Waals surface area contributed by atoms with Gasteiger partial charge in [-0.3, -0.25) is 19.8 Å². The lowest BCUT2D eigenvalue weighted by Gasteiger charge is -2.26. The van der Waals surface area contributed by atoms with Crippen LogP contribution < -0.4 is 5.32 Å². The zero-order valence-corrected chi connectivity index (χ0v) is 17.3. The Morgan fingerprint density at radius 1 is 1.25 bits per heavy atom. The average Bonchev–Trinajstić information content (AvgIpc) is 2.69. The summed E-state index contributed by atoms with van der Waals surface area (Å²) in [5.41, 5.74) is 2.04. The quantitative estimate of drug-likeness (QED) is 0.412. The van der Waals surface area contributed by atoms with Gasteiger partial charge in [0, 0.05) is 53.9 Å². The number of nitro groups is 1. The summed E-state index contributed by atoms with van der Waals surface area (Å²) in [7, 11) is 0. The molecule has 1 saturated heterocycles. The number of nitrogens with zero attached hydrogens (tertiary/aromatic N) is 2. The first kappa shape index (κ1) is 20.7. The van der Waals surface area contributed by atoms with Gasteiger partial charge in [0.25, 0.3) is 5.69 Å². The maximum atomic E-state index is 12.5. The van der Waals surface area contributed by atoms with Crippen molar-refractivity contribution in [3.05, 3.63) is 64.2 Å². The number of rotatable bonds is 7. The Balaban J connectivity index is 1.55. The Hall–Kier alpha value is -2.03. The zero-order valence-electron chi connectivity index (χ0n) is 15.7. The lowest BCUT2D eigenvalue weighted by Crippen LogP contribution is -2.32. The van der Waals surface area contributed by atoms with Crippen molar-refractivity contribution in [2.24, 2.45) is 0 Å². The summed E-state index contributed by atoms with van der Waals surface area (Å²) in [4.78, 5) is 26.1. The van der Waals surface area contributed by atoms with Crippen LogP contribution in [-0.2, 0) is 11.3 Å². The molecule has 2 aromatic carbocycles. The second kappa shape index (κ2) is 9.95. The molecule has 1 fully saturated rings. The maximum absolute atomic E-state index is 12.5. The molecule has 0 bridgehead atoms. The van der Waals surface area contributed by atoms with Crippen molar-refractivity contribution in [2.75, 3.05) is 29.9 Å². The Morgan fingerprint density at radius 2 is 1.96 bits per heavy atom. The highest BCUT2D eigenvalue weighted by atomic mass is 32.2. The third-order valence-electron chi connectivity index (χ3n) is 4.43. The number of carbonyl (C=O) groups excluding carboxylic acids is 1. The van der Waals surface area contributed by atoms with E-state index in [1.165, 1.54) is 41.0 Å². The van der Waals surface area contributed by atoms with Crippen molar-refractivity contribution in [1.29, 1.82) is 0 Å². The molecular formula is C20H23N3O3S2. The fourth-order valence-electron chi connectivity index (χ4n) is 2.91. The lowest BCUT2D eigenvalue weighted by atomic mass is 10.2. The molecule has 1 atom stereocenters. The minimum atomic E-state index is -0.430. The molecule has 0 aliphatic carbocycles. The molecule has 8 heteroatoms. The van der Waals surface area contributed by atoms with Crippen molar-refractivity contribution >= 4 is 40.8 Å². The SMILES string of the molecule is CC(Sc1ccc([N+](=O)[O-])cc1)C(=O)Nc1cccc(CN2CCSCC2)c1. The van der Waals surface area contributed by atoms with E-state index in [1.807, 2.05) is 36.9 Å². The van der Waals surface area contributed by atoms with E-state index in [0.717, 1.165) is 30.2 Å². The van der Waals surface area contributed by atoms with E-state index in [1.54, 1.807) is 12.1 Å². The van der Waals surface area contributed by atoms with Crippen molar-refractivity contribution < 1.29 is 9.72 Å². The van der Waals surface area contributed by atoms with Crippen LogP contribution in [0.1, 0.15) is 12.5 Å². The minimum absolute atomic E-state index is 0.0468. The molecule has 1 aliphatic heterocycles. The molecule has 6 nitrogen and oxygen atoms in total. The number of carbonyl (C=O) groups is 1. The monoisotopic (exact) mass is 417 g/mol. The summed E-state index contributed by atoms with van der Waals surface area (Å²) in [6.45, 7) is 4.93. The molecule has 1 heterocycles. The molecule has 3 rings (SSSR count). The standard InChI is InChI=1S/C20H23N3O3S2/c1-15(28-19-7-5-18(6-8-19)23(25)26)20(24)21-17-4-2-3-16(13-17)14-22-9-11-27-12-10-22/h2-8,13,15H,9-12,14H2,1H3,(H,21,24). The van der Waals surface area contributed by atoms with Crippen LogP contribution in [0.15, 0.2) is 53.4 Å². The fraction of sp³-hybridized carbons (Fsp3) is 0.350. The Morgan fingerprint density at radius 3 is 2.64 bits per heavy atom. The normalized spacial score (nSPS) is 15.8. The van der Waals surface area contributed by atoms with Gasteiger partial charge in [-0.05, 0) is 36.8 Å². The summed E-state index contributed by atoms with van der Waals surface area (Å²) in [5, 5.41) is 13.4. The van der Waals surface area contributed by atoms with Crippen LogP contribution in [0.3, 0.4) is 0 Å². The van der Waals surface area contributed by atoms with Crippen LogP contribution >= 0.6 is 23.5 Å². The topological polar surface area (TPSA) is 75.5 Å². The van der Waals surface area contributed by atoms with Crippen LogP contribution in [0.2, 0.25) is 0 Å². The number of benzene rings is 2. The predicted molar refractivity (Wildman–Crippen MR) is 116 cm³/mol. The van der Waals surface area contributed by atoms with Gasteiger partial charge in [0.1, 0.15) is 0 Å². The van der Waals surface area contributed by atoms with Crippen LogP contribution in [0.25, 0.3) is 0 Å². The van der Waals surface area contributed by atoms with Gasteiger partial charge >= 0.3 is 0 Å². The molecule has 2 aromatic rings. The first-order chi connectivity index (χ1) is 13.5. The number of anilines is 1. The highest BCUT2D eigenvalue weighted by Crippen LogP contribution is 2.26. The third kappa shape index (κ3) is 5.98. The molecule has 148 valence electrons. The van der Waals surface area contributed by atoms with Gasteiger partial charge in [-0.25, -0.2) is 0 Å². The van der Waals surface area contributed by atoms with Crippen LogP contribution in [0, 0.1) is 10.1 Å². The number of hydrogen-bond donors (Lipinski definition) is 1. The Kier molecular flexibility index (Phi) is 7.36. The molecule has 0 saturated carbocycles. The summed E-state index contributed by atoms with van der Waals surface area (Å²) < 4.78 is 0. The highest BCUT2D eigenvalue weighted by molar-refractivity contribution is 8.00. The fourth-order valence-corrected chi connectivity index (χ4v) is 4.76. The summed E-state index contributed by atoms with van der Waals surface area (Å²) in [6, 6.07) is 14.2. The van der Waals surface area contributed by atoms with E-state index < -0.39 is 4.92 Å². The van der Waals surface area contributed by atoms with Crippen LogP contribution in [-0.4, -0.2) is 45.6 Å². The van der Waals surface area contributed by atoms with Crippen LogP contribution in [0.5, 0.6) is 0 Å². The van der Waals surface area contributed by atoms with Crippen molar-refractivity contribution in [3.8, 4) is 0 Å². The number of non-ortho nitro benzene ring substituents is 1. The molecule has 0 aromatic heterocycles. The Labute approximate surface area is 173 Å². The number of amides is 1. The van der Waals surface area contributed by atoms with Gasteiger partial charge in [-0.1, -0.05) is 12.1 Å². The van der Waals surface area contributed by atoms with E-state index in [9.17, 15) is 14.9 Å². The van der Waals surface area contributed by atoms with Crippen molar-refractivity contribution in [3.63, 3.8) is 0 Å². The number of hydrogen-bond acceptors (Lipinski definition) is 6. The van der Waals surface area contributed by atoms with Crippen LogP contribution in [0.4, 0.5) is 11.4 Å². The molecule has 1 aliphatic rings. The Bertz CT molecular complexity index is 824. The first-order valence-corrected chi connectivity index (χ1v) is 11.2. The number of nitro benzene ring substituents is 1. The van der Waals surface area contributed by atoms with E-state index in [-0.39, 0.29) is 16.8 Å². The first-order valence-electron chi connectivity index (χ1n) is 9.12. The maximum Gasteiger partial charge on any atom is 0.269 e. The second-order valence-electron chi connectivity index (χ2n) is 6.59. The lowest BCUT2D eigenvalue weighted by molar-refractivity contribution is -0.384. The number of nitrogens with one attached hydrogen (secondary N) is 1. The highest BCUT2D eigenvalue weighted by Gasteiger charge is 2.16. The summed E-state index contributed by atoms with van der Waals surface area (Å²) >= 11 is 3.37. The third-order valence-corrected chi connectivity index (χ3v) is 6.49. The molecular weight excluding hydrogens is 394 g/mol. The van der Waals surface area contributed by atoms with E-state index in [0.29, 0.717) is 0 Å². The van der Waals surface area contributed by atoms with Crippen molar-refractivity contribution in [1.82, 2.24) is 4.90 Å². The summed E-state index contributed by atoms with van der Waals surface area (Å²) in [6.07, 6.45) is 0. The van der Waals surface area contributed by atoms with Gasteiger partial charge in [0.15, 0.2) is 0 Å². The smallest absolute Gasteiger partial charge is 0.269 e. The molecule has 0 spiro atoms. The molecule has 28 heavy (non-hydrogen) atoms. The second-order valence-corrected chi connectivity index (χ2v) is 9.23. The summed E-state index contributed by atoms with van der Waals surface area (Å²) in [5.74, 6) is 2.26. The molecule has 1 amide bonds.